The van der Waals surface area contributed by atoms with Gasteiger partial charge in [-0.15, -0.1) is 12.4 Å². The van der Waals surface area contributed by atoms with Crippen LogP contribution in [0.15, 0.2) is 42.7 Å². The first-order valence-electron chi connectivity index (χ1n) is 9.61. The Hall–Kier alpha value is -1.69. The molecule has 2 unspecified atom stereocenters. The van der Waals surface area contributed by atoms with E-state index < -0.39 is 5.60 Å². The first-order valence-corrected chi connectivity index (χ1v) is 9.61. The number of hydrogen-bond acceptors (Lipinski definition) is 5. The molecule has 6 rings (SSSR count). The van der Waals surface area contributed by atoms with Crippen LogP contribution >= 0.6 is 12.4 Å². The quantitative estimate of drug-likeness (QED) is 0.815. The summed E-state index contributed by atoms with van der Waals surface area (Å²) >= 11 is 0. The minimum absolute atomic E-state index is 0. The molecule has 6 heteroatoms. The van der Waals surface area contributed by atoms with E-state index in [1.807, 2.05) is 18.2 Å². The van der Waals surface area contributed by atoms with Crippen LogP contribution in [0.5, 0.6) is 11.8 Å². The number of halogens is 1. The smallest absolute Gasteiger partial charge is 0.321 e. The molecule has 27 heavy (non-hydrogen) atoms. The summed E-state index contributed by atoms with van der Waals surface area (Å²) in [5.41, 5.74) is 0.867. The van der Waals surface area contributed by atoms with Gasteiger partial charge in [0.2, 0.25) is 0 Å². The van der Waals surface area contributed by atoms with Gasteiger partial charge < -0.3 is 15.2 Å². The van der Waals surface area contributed by atoms with Gasteiger partial charge in [-0.1, -0.05) is 12.1 Å². The van der Waals surface area contributed by atoms with Crippen molar-refractivity contribution in [3.05, 3.63) is 48.3 Å². The van der Waals surface area contributed by atoms with Crippen molar-refractivity contribution in [3.8, 4) is 11.8 Å². The van der Waals surface area contributed by atoms with Crippen LogP contribution in [0.25, 0.3) is 0 Å². The lowest BCUT2D eigenvalue weighted by molar-refractivity contribution is -0.142. The molecule has 1 aromatic carbocycles. The molecule has 2 N–H and O–H groups in total. The normalized spacial score (nSPS) is 33.5. The summed E-state index contributed by atoms with van der Waals surface area (Å²) in [6.07, 6.45) is 9.99. The predicted octanol–water partition coefficient (Wildman–Crippen LogP) is 3.86. The Kier molecular flexibility index (Phi) is 4.87. The Labute approximate surface area is 166 Å². The van der Waals surface area contributed by atoms with E-state index in [-0.39, 0.29) is 17.9 Å². The fourth-order valence-corrected chi connectivity index (χ4v) is 5.87. The summed E-state index contributed by atoms with van der Waals surface area (Å²) in [6, 6.07) is 10.2. The van der Waals surface area contributed by atoms with E-state index in [1.165, 1.54) is 24.8 Å². The maximum atomic E-state index is 10.9. The van der Waals surface area contributed by atoms with Gasteiger partial charge in [-0.2, -0.15) is 0 Å². The Morgan fingerprint density at radius 1 is 1.07 bits per heavy atom. The number of ether oxygens (including phenoxy) is 1. The molecule has 2 aromatic rings. The lowest BCUT2D eigenvalue weighted by Crippen LogP contribution is -2.64. The van der Waals surface area contributed by atoms with Crippen molar-refractivity contribution in [1.82, 2.24) is 15.3 Å². The SMILES string of the molecule is Cl.OC12CC3CC(C1)CC(NCc1cccc(Oc4ncccn4)c1)(C3)C2. The summed E-state index contributed by atoms with van der Waals surface area (Å²) in [5, 5.41) is 14.7. The zero-order valence-electron chi connectivity index (χ0n) is 15.3. The molecular weight excluding hydrogens is 362 g/mol. The van der Waals surface area contributed by atoms with E-state index in [2.05, 4.69) is 21.4 Å². The fraction of sp³-hybridized carbons (Fsp3) is 0.524. The average molecular weight is 388 g/mol. The van der Waals surface area contributed by atoms with E-state index in [0.29, 0.717) is 17.8 Å². The molecule has 5 nitrogen and oxygen atoms in total. The van der Waals surface area contributed by atoms with Crippen molar-refractivity contribution in [1.29, 1.82) is 0 Å². The van der Waals surface area contributed by atoms with Gasteiger partial charge in [0.15, 0.2) is 0 Å². The second-order valence-corrected chi connectivity index (χ2v) is 8.60. The first kappa shape index (κ1) is 18.7. The van der Waals surface area contributed by atoms with Crippen LogP contribution in [-0.2, 0) is 6.54 Å². The summed E-state index contributed by atoms with van der Waals surface area (Å²) in [7, 11) is 0. The highest BCUT2D eigenvalue weighted by Crippen LogP contribution is 2.57. The number of aromatic nitrogens is 2. The van der Waals surface area contributed by atoms with E-state index in [9.17, 15) is 5.11 Å². The highest BCUT2D eigenvalue weighted by Gasteiger charge is 2.56. The molecule has 1 heterocycles. The predicted molar refractivity (Wildman–Crippen MR) is 105 cm³/mol. The molecule has 1 aromatic heterocycles. The lowest BCUT2D eigenvalue weighted by atomic mass is 9.51. The van der Waals surface area contributed by atoms with Crippen LogP contribution < -0.4 is 10.1 Å². The molecule has 4 fully saturated rings. The maximum absolute atomic E-state index is 10.9. The van der Waals surface area contributed by atoms with Crippen LogP contribution in [0.3, 0.4) is 0 Å². The molecule has 0 amide bonds. The highest BCUT2D eigenvalue weighted by atomic mass is 35.5. The largest absolute Gasteiger partial charge is 0.424 e. The third-order valence-electron chi connectivity index (χ3n) is 6.35. The van der Waals surface area contributed by atoms with Crippen LogP contribution in [-0.4, -0.2) is 26.2 Å². The highest BCUT2D eigenvalue weighted by molar-refractivity contribution is 5.85. The Bertz CT molecular complexity index is 787. The molecule has 4 aliphatic rings. The van der Waals surface area contributed by atoms with Crippen molar-refractivity contribution in [2.45, 2.75) is 56.2 Å². The third kappa shape index (κ3) is 3.82. The lowest BCUT2D eigenvalue weighted by Gasteiger charge is -2.60. The van der Waals surface area contributed by atoms with Gasteiger partial charge in [-0.3, -0.25) is 0 Å². The van der Waals surface area contributed by atoms with Crippen LogP contribution in [0.1, 0.15) is 44.1 Å². The van der Waals surface area contributed by atoms with Gasteiger partial charge >= 0.3 is 6.01 Å². The number of nitrogens with one attached hydrogen (secondary N) is 1. The molecular formula is C21H26ClN3O2. The Morgan fingerprint density at radius 3 is 2.52 bits per heavy atom. The van der Waals surface area contributed by atoms with E-state index >= 15 is 0 Å². The standard InChI is InChI=1S/C21H25N3O2.ClH/c25-21-11-16-7-17(12-21)10-20(9-16,14-21)24-13-15-3-1-4-18(8-15)26-19-22-5-2-6-23-19;/h1-6,8,16-17,24-25H,7,9-14H2;1H. The zero-order chi connectivity index (χ0) is 17.6. The Balaban J connectivity index is 0.00000180. The van der Waals surface area contributed by atoms with E-state index in [4.69, 9.17) is 4.74 Å². The summed E-state index contributed by atoms with van der Waals surface area (Å²) in [5.74, 6) is 2.14. The van der Waals surface area contributed by atoms with Gasteiger partial charge in [0.25, 0.3) is 0 Å². The minimum Gasteiger partial charge on any atom is -0.424 e. The van der Waals surface area contributed by atoms with E-state index in [1.54, 1.807) is 18.5 Å². The van der Waals surface area contributed by atoms with Crippen molar-refractivity contribution >= 4 is 12.4 Å². The van der Waals surface area contributed by atoms with E-state index in [0.717, 1.165) is 31.6 Å². The number of rotatable bonds is 5. The molecule has 0 spiro atoms. The fourth-order valence-electron chi connectivity index (χ4n) is 5.87. The molecule has 4 aliphatic carbocycles. The Morgan fingerprint density at radius 2 is 1.81 bits per heavy atom. The summed E-state index contributed by atoms with van der Waals surface area (Å²) in [4.78, 5) is 8.21. The molecule has 4 bridgehead atoms. The molecule has 0 saturated heterocycles. The topological polar surface area (TPSA) is 67.3 Å². The van der Waals surface area contributed by atoms with Gasteiger partial charge in [-0.25, -0.2) is 9.97 Å². The van der Waals surface area contributed by atoms with Crippen LogP contribution in [0.2, 0.25) is 0 Å². The average Bonchev–Trinajstić information content (AvgIpc) is 2.59. The summed E-state index contributed by atoms with van der Waals surface area (Å²) in [6.45, 7) is 0.794. The van der Waals surface area contributed by atoms with Crippen molar-refractivity contribution in [2.75, 3.05) is 0 Å². The second kappa shape index (κ2) is 7.04. The van der Waals surface area contributed by atoms with Crippen molar-refractivity contribution in [3.63, 3.8) is 0 Å². The van der Waals surface area contributed by atoms with Crippen molar-refractivity contribution < 1.29 is 9.84 Å². The molecule has 0 aliphatic heterocycles. The maximum Gasteiger partial charge on any atom is 0.321 e. The third-order valence-corrected chi connectivity index (χ3v) is 6.35. The van der Waals surface area contributed by atoms with Gasteiger partial charge in [0.05, 0.1) is 5.60 Å². The number of aliphatic hydroxyl groups is 1. The first-order chi connectivity index (χ1) is 12.6. The van der Waals surface area contributed by atoms with Crippen LogP contribution in [0.4, 0.5) is 0 Å². The van der Waals surface area contributed by atoms with Crippen LogP contribution in [0, 0.1) is 11.8 Å². The molecule has 0 radical (unpaired) electrons. The number of benzene rings is 1. The number of nitrogens with zero attached hydrogens (tertiary/aromatic N) is 2. The number of hydrogen-bond donors (Lipinski definition) is 2. The minimum atomic E-state index is -0.424. The molecule has 4 saturated carbocycles. The van der Waals surface area contributed by atoms with Gasteiger partial charge in [0, 0.05) is 24.5 Å². The van der Waals surface area contributed by atoms with Gasteiger partial charge in [-0.05, 0) is 74.1 Å². The van der Waals surface area contributed by atoms with Crippen molar-refractivity contribution in [2.24, 2.45) is 11.8 Å². The summed E-state index contributed by atoms with van der Waals surface area (Å²) < 4.78 is 5.74. The zero-order valence-corrected chi connectivity index (χ0v) is 16.1. The van der Waals surface area contributed by atoms with Gasteiger partial charge in [0.1, 0.15) is 5.75 Å². The monoisotopic (exact) mass is 387 g/mol. The molecule has 2 atom stereocenters. The molecule has 144 valence electrons. The second-order valence-electron chi connectivity index (χ2n) is 8.60.